The molecule has 0 saturated heterocycles. The van der Waals surface area contributed by atoms with Gasteiger partial charge in [0.25, 0.3) is 11.8 Å². The van der Waals surface area contributed by atoms with Gasteiger partial charge < -0.3 is 25.2 Å². The summed E-state index contributed by atoms with van der Waals surface area (Å²) in [5, 5.41) is 17.1. The molecule has 12 heteroatoms. The highest BCUT2D eigenvalue weighted by Crippen LogP contribution is 2.47. The van der Waals surface area contributed by atoms with Crippen molar-refractivity contribution in [1.29, 1.82) is 0 Å². The van der Waals surface area contributed by atoms with Gasteiger partial charge in [0, 0.05) is 28.1 Å². The van der Waals surface area contributed by atoms with Gasteiger partial charge in [-0.05, 0) is 68.9 Å². The Morgan fingerprint density at radius 1 is 1.05 bits per heavy atom. The molecule has 4 aliphatic rings. The first-order valence-corrected chi connectivity index (χ1v) is 12.3. The summed E-state index contributed by atoms with van der Waals surface area (Å²) in [6, 6.07) is 7.15. The van der Waals surface area contributed by atoms with Gasteiger partial charge in [0.15, 0.2) is 6.10 Å². The summed E-state index contributed by atoms with van der Waals surface area (Å²) in [7, 11) is 0. The number of hydrogen-bond donors (Lipinski definition) is 3. The number of hydrogen-bond acceptors (Lipinski definition) is 6. The predicted octanol–water partition coefficient (Wildman–Crippen LogP) is 4.21. The van der Waals surface area contributed by atoms with Crippen molar-refractivity contribution < 1.29 is 37.3 Å². The average molecular weight is 540 g/mol. The fourth-order valence-corrected chi connectivity index (χ4v) is 5.68. The molecule has 3 aliphatic carbocycles. The Bertz CT molecular complexity index is 1180. The number of ether oxygens (including phenoxy) is 2. The Hall–Kier alpha value is -3.05. The molecule has 0 spiro atoms. The summed E-state index contributed by atoms with van der Waals surface area (Å²) in [5.74, 6) is -0.829. The fraction of sp³-hybridized carbons (Fsp3) is 0.480. The Balaban J connectivity index is 1.17. The Kier molecular flexibility index (Phi) is 6.47. The van der Waals surface area contributed by atoms with Crippen molar-refractivity contribution in [2.45, 2.75) is 74.6 Å². The second kappa shape index (κ2) is 9.36. The fourth-order valence-electron chi connectivity index (χ4n) is 5.49. The van der Waals surface area contributed by atoms with E-state index in [4.69, 9.17) is 16.3 Å². The number of alkyl halides is 3. The van der Waals surface area contributed by atoms with Gasteiger partial charge in [-0.3, -0.25) is 9.59 Å². The standard InChI is InChI=1S/C25H25ClF3N3O5/c26-14-1-4-19-16(11-14)18(33)12-20(36-19)22(35)32-24-8-5-23(6-9-24,7-10-24)31-21(34)17-3-2-15(13-30-17)37-25(27,28)29/h1-4,11,13,18,20,33H,5-10,12H2,(H,31,34)(H,32,35)/t18-,20-,23?,24?/m1/s1. The number of carbonyl (C=O) groups excluding carboxylic acids is 2. The number of benzene rings is 1. The Morgan fingerprint density at radius 3 is 2.30 bits per heavy atom. The zero-order valence-electron chi connectivity index (χ0n) is 19.6. The van der Waals surface area contributed by atoms with Crippen LogP contribution in [0.4, 0.5) is 13.2 Å². The van der Waals surface area contributed by atoms with E-state index in [2.05, 4.69) is 20.4 Å². The van der Waals surface area contributed by atoms with Gasteiger partial charge in [-0.2, -0.15) is 0 Å². The summed E-state index contributed by atoms with van der Waals surface area (Å²) in [6.07, 6.45) is -1.73. The van der Waals surface area contributed by atoms with Crippen molar-refractivity contribution in [3.8, 4) is 11.5 Å². The highest BCUT2D eigenvalue weighted by molar-refractivity contribution is 6.30. The third kappa shape index (κ3) is 5.47. The van der Waals surface area contributed by atoms with Gasteiger partial charge in [0.1, 0.15) is 17.2 Å². The lowest BCUT2D eigenvalue weighted by molar-refractivity contribution is -0.274. The van der Waals surface area contributed by atoms with E-state index in [9.17, 15) is 27.9 Å². The van der Waals surface area contributed by atoms with Crippen molar-refractivity contribution in [3.63, 3.8) is 0 Å². The summed E-state index contributed by atoms with van der Waals surface area (Å²) in [5.41, 5.74) is -0.341. The third-order valence-corrected chi connectivity index (χ3v) is 7.78. The number of rotatable bonds is 5. The van der Waals surface area contributed by atoms with Crippen LogP contribution in [0.1, 0.15) is 67.1 Å². The van der Waals surface area contributed by atoms with Crippen LogP contribution >= 0.6 is 11.6 Å². The molecule has 8 nitrogen and oxygen atoms in total. The lowest BCUT2D eigenvalue weighted by Gasteiger charge is -2.54. The van der Waals surface area contributed by atoms with Crippen molar-refractivity contribution in [3.05, 3.63) is 52.8 Å². The van der Waals surface area contributed by atoms with Crippen LogP contribution in [0.3, 0.4) is 0 Å². The van der Waals surface area contributed by atoms with Crippen LogP contribution in [-0.4, -0.2) is 45.4 Å². The molecule has 3 saturated carbocycles. The number of pyridine rings is 1. The molecule has 2 atom stereocenters. The minimum Gasteiger partial charge on any atom is -0.480 e. The van der Waals surface area contributed by atoms with Crippen LogP contribution < -0.4 is 20.1 Å². The summed E-state index contributed by atoms with van der Waals surface area (Å²) in [4.78, 5) is 29.7. The smallest absolute Gasteiger partial charge is 0.480 e. The number of nitrogens with one attached hydrogen (secondary N) is 2. The quantitative estimate of drug-likeness (QED) is 0.525. The first-order valence-electron chi connectivity index (χ1n) is 12.0. The molecule has 0 radical (unpaired) electrons. The monoisotopic (exact) mass is 539 g/mol. The molecule has 198 valence electrons. The average Bonchev–Trinajstić information content (AvgIpc) is 2.85. The minimum absolute atomic E-state index is 0.00538. The van der Waals surface area contributed by atoms with Gasteiger partial charge in [-0.1, -0.05) is 11.6 Å². The number of nitrogens with zero attached hydrogens (tertiary/aromatic N) is 1. The van der Waals surface area contributed by atoms with Crippen LogP contribution in [-0.2, 0) is 4.79 Å². The summed E-state index contributed by atoms with van der Waals surface area (Å²) >= 11 is 6.00. The predicted molar refractivity (Wildman–Crippen MR) is 125 cm³/mol. The molecule has 1 aromatic heterocycles. The van der Waals surface area contributed by atoms with Crippen LogP contribution in [0, 0.1) is 0 Å². The number of aromatic nitrogens is 1. The maximum absolute atomic E-state index is 13.1. The third-order valence-electron chi connectivity index (χ3n) is 7.55. The van der Waals surface area contributed by atoms with E-state index in [1.807, 2.05) is 0 Å². The van der Waals surface area contributed by atoms with Crippen LogP contribution in [0.5, 0.6) is 11.5 Å². The molecule has 0 unspecified atom stereocenters. The zero-order valence-corrected chi connectivity index (χ0v) is 20.4. The molecule has 1 aliphatic heterocycles. The summed E-state index contributed by atoms with van der Waals surface area (Å²) in [6.45, 7) is 0. The van der Waals surface area contributed by atoms with Gasteiger partial charge in [-0.25, -0.2) is 4.98 Å². The van der Waals surface area contributed by atoms with E-state index in [1.54, 1.807) is 18.2 Å². The number of carbonyl (C=O) groups is 2. The highest BCUT2D eigenvalue weighted by atomic mass is 35.5. The van der Waals surface area contributed by atoms with E-state index < -0.39 is 41.3 Å². The van der Waals surface area contributed by atoms with E-state index in [0.29, 0.717) is 54.9 Å². The van der Waals surface area contributed by atoms with E-state index in [0.717, 1.165) is 12.3 Å². The zero-order chi connectivity index (χ0) is 26.4. The largest absolute Gasteiger partial charge is 0.573 e. The normalized spacial score (nSPS) is 28.6. The lowest BCUT2D eigenvalue weighted by Crippen LogP contribution is -2.65. The number of amides is 2. The second-order valence-electron chi connectivity index (χ2n) is 9.97. The van der Waals surface area contributed by atoms with E-state index in [-0.39, 0.29) is 18.0 Å². The van der Waals surface area contributed by atoms with Crippen molar-refractivity contribution in [2.75, 3.05) is 0 Å². The SMILES string of the molecule is O=C(NC12CCC(NC(=O)[C@H]3C[C@@H](O)c4cc(Cl)ccc4O3)(CC1)CC2)c1ccc(OC(F)(F)F)cn1. The Labute approximate surface area is 215 Å². The first-order chi connectivity index (χ1) is 17.4. The number of halogens is 4. The minimum atomic E-state index is -4.84. The molecule has 3 fully saturated rings. The second-order valence-corrected chi connectivity index (χ2v) is 10.4. The molecule has 3 N–H and O–H groups in total. The maximum atomic E-state index is 13.1. The molecular formula is C25H25ClF3N3O5. The van der Waals surface area contributed by atoms with E-state index >= 15 is 0 Å². The van der Waals surface area contributed by atoms with Crippen LogP contribution in [0.25, 0.3) is 0 Å². The van der Waals surface area contributed by atoms with E-state index in [1.165, 1.54) is 6.07 Å². The molecule has 6 rings (SSSR count). The molecule has 2 heterocycles. The summed E-state index contributed by atoms with van der Waals surface area (Å²) < 4.78 is 46.7. The first kappa shape index (κ1) is 25.6. The topological polar surface area (TPSA) is 110 Å². The van der Waals surface area contributed by atoms with Gasteiger partial charge in [0.2, 0.25) is 0 Å². The number of aliphatic hydroxyl groups excluding tert-OH is 1. The highest BCUT2D eigenvalue weighted by Gasteiger charge is 2.51. The maximum Gasteiger partial charge on any atom is 0.573 e. The van der Waals surface area contributed by atoms with Crippen molar-refractivity contribution >= 4 is 23.4 Å². The number of fused-ring (bicyclic) bond motifs is 4. The molecule has 1 aromatic carbocycles. The Morgan fingerprint density at radius 2 is 1.70 bits per heavy atom. The molecule has 2 amide bonds. The van der Waals surface area contributed by atoms with Crippen LogP contribution in [0.2, 0.25) is 5.02 Å². The van der Waals surface area contributed by atoms with Gasteiger partial charge >= 0.3 is 6.36 Å². The molecule has 37 heavy (non-hydrogen) atoms. The number of aliphatic hydroxyl groups is 1. The van der Waals surface area contributed by atoms with Crippen molar-refractivity contribution in [1.82, 2.24) is 15.6 Å². The molecule has 2 bridgehead atoms. The van der Waals surface area contributed by atoms with Gasteiger partial charge in [0.05, 0.1) is 12.3 Å². The lowest BCUT2D eigenvalue weighted by atomic mass is 9.61. The van der Waals surface area contributed by atoms with Gasteiger partial charge in [-0.15, -0.1) is 13.2 Å². The van der Waals surface area contributed by atoms with Crippen LogP contribution in [0.15, 0.2) is 36.5 Å². The van der Waals surface area contributed by atoms with Crippen molar-refractivity contribution in [2.24, 2.45) is 0 Å². The molecule has 2 aromatic rings. The molecular weight excluding hydrogens is 515 g/mol.